The molecule has 1 aliphatic rings. The largest absolute Gasteiger partial charge is 0.480 e. The van der Waals surface area contributed by atoms with E-state index in [1.54, 1.807) is 18.2 Å². The van der Waals surface area contributed by atoms with Crippen molar-refractivity contribution in [1.29, 1.82) is 5.26 Å². The number of hydrogen-bond acceptors (Lipinski definition) is 3. The van der Waals surface area contributed by atoms with E-state index < -0.39 is 6.10 Å². The van der Waals surface area contributed by atoms with Crippen LogP contribution >= 0.6 is 0 Å². The van der Waals surface area contributed by atoms with E-state index in [4.69, 9.17) is 10.00 Å². The number of para-hydroxylation sites is 1. The van der Waals surface area contributed by atoms with Gasteiger partial charge in [0, 0.05) is 5.57 Å². The van der Waals surface area contributed by atoms with Crippen LogP contribution in [0.1, 0.15) is 33.2 Å². The van der Waals surface area contributed by atoms with Gasteiger partial charge in [0.05, 0.1) is 17.2 Å². The second kappa shape index (κ2) is 6.70. The Morgan fingerprint density at radius 3 is 2.31 bits per heavy atom. The molecule has 26 heavy (non-hydrogen) atoms. The molecule has 0 aliphatic carbocycles. The first-order valence-electron chi connectivity index (χ1n) is 8.33. The fraction of sp³-hybridized carbons (Fsp3) is 0.0435. The van der Waals surface area contributed by atoms with Crippen LogP contribution in [0.2, 0.25) is 0 Å². The maximum Gasteiger partial charge on any atom is 0.196 e. The summed E-state index contributed by atoms with van der Waals surface area (Å²) in [6.07, 6.45) is 1.38. The van der Waals surface area contributed by atoms with Gasteiger partial charge in [0.2, 0.25) is 0 Å². The van der Waals surface area contributed by atoms with Crippen LogP contribution in [0.25, 0.3) is 6.08 Å². The second-order valence-electron chi connectivity index (χ2n) is 6.07. The van der Waals surface area contributed by atoms with Gasteiger partial charge in [-0.2, -0.15) is 5.26 Å². The number of carbonyl (C=O) groups excluding carboxylic acids is 1. The molecule has 0 N–H and O–H groups in total. The van der Waals surface area contributed by atoms with Crippen LogP contribution in [0.4, 0.5) is 0 Å². The van der Waals surface area contributed by atoms with E-state index in [-0.39, 0.29) is 5.78 Å². The van der Waals surface area contributed by atoms with Gasteiger partial charge >= 0.3 is 0 Å². The molecule has 1 heterocycles. The monoisotopic (exact) mass is 337 g/mol. The van der Waals surface area contributed by atoms with Crippen LogP contribution < -0.4 is 4.74 Å². The third-order valence-corrected chi connectivity index (χ3v) is 4.39. The Morgan fingerprint density at radius 1 is 0.885 bits per heavy atom. The Hall–Kier alpha value is -3.64. The van der Waals surface area contributed by atoms with Gasteiger partial charge in [0.1, 0.15) is 5.75 Å². The van der Waals surface area contributed by atoms with Crippen molar-refractivity contribution < 1.29 is 9.53 Å². The van der Waals surface area contributed by atoms with Crippen molar-refractivity contribution in [3.05, 3.63) is 107 Å². The quantitative estimate of drug-likeness (QED) is 0.621. The molecule has 4 rings (SSSR count). The summed E-state index contributed by atoms with van der Waals surface area (Å²) in [5.41, 5.74) is 3.52. The Labute approximate surface area is 151 Å². The molecule has 3 aromatic rings. The Balaban J connectivity index is 1.83. The molecule has 1 aliphatic heterocycles. The standard InChI is InChI=1S/C23H15NO2/c24-15-17-12-10-16(11-13-17)14-20-22(25)19-8-4-5-9-21(19)26-23(20)18-6-2-1-3-7-18/h1-14,23H/b20-14-/t23-/m0/s1. The molecule has 0 radical (unpaired) electrons. The lowest BCUT2D eigenvalue weighted by Crippen LogP contribution is -2.23. The van der Waals surface area contributed by atoms with Crippen LogP contribution in [-0.2, 0) is 0 Å². The summed E-state index contributed by atoms with van der Waals surface area (Å²) >= 11 is 0. The predicted molar refractivity (Wildman–Crippen MR) is 99.7 cm³/mol. The van der Waals surface area contributed by atoms with Crippen LogP contribution in [0.15, 0.2) is 84.4 Å². The molecular formula is C23H15NO2. The number of rotatable bonds is 2. The number of Topliss-reactive ketones (excluding diaryl/α,β-unsaturated/α-hetero) is 1. The molecule has 3 heteroatoms. The fourth-order valence-electron chi connectivity index (χ4n) is 3.07. The number of hydrogen-bond donors (Lipinski definition) is 0. The van der Waals surface area contributed by atoms with Crippen LogP contribution in [0.3, 0.4) is 0 Å². The molecule has 0 saturated heterocycles. The van der Waals surface area contributed by atoms with E-state index in [2.05, 4.69) is 6.07 Å². The molecule has 1 atom stereocenters. The summed E-state index contributed by atoms with van der Waals surface area (Å²) in [5, 5.41) is 8.95. The number of carbonyl (C=O) groups is 1. The summed E-state index contributed by atoms with van der Waals surface area (Å²) in [6, 6.07) is 26.3. The van der Waals surface area contributed by atoms with Crippen molar-refractivity contribution in [1.82, 2.24) is 0 Å². The molecule has 0 bridgehead atoms. The van der Waals surface area contributed by atoms with Gasteiger partial charge in [-0.05, 0) is 41.5 Å². The molecule has 0 unspecified atom stereocenters. The number of ether oxygens (including phenoxy) is 1. The number of nitrogens with zero attached hydrogens (tertiary/aromatic N) is 1. The highest BCUT2D eigenvalue weighted by Crippen LogP contribution is 2.39. The molecule has 3 aromatic carbocycles. The average molecular weight is 337 g/mol. The molecule has 3 nitrogen and oxygen atoms in total. The summed E-state index contributed by atoms with van der Waals surface area (Å²) in [6.45, 7) is 0. The van der Waals surface area contributed by atoms with E-state index in [0.717, 1.165) is 11.1 Å². The smallest absolute Gasteiger partial charge is 0.196 e. The van der Waals surface area contributed by atoms with Crippen LogP contribution in [0.5, 0.6) is 5.75 Å². The van der Waals surface area contributed by atoms with Crippen molar-refractivity contribution in [2.45, 2.75) is 6.10 Å². The summed E-state index contributed by atoms with van der Waals surface area (Å²) < 4.78 is 6.18. The van der Waals surface area contributed by atoms with Gasteiger partial charge in [-0.25, -0.2) is 0 Å². The molecule has 0 spiro atoms. The van der Waals surface area contributed by atoms with E-state index in [1.165, 1.54) is 0 Å². The van der Waals surface area contributed by atoms with Gasteiger partial charge in [0.15, 0.2) is 11.9 Å². The number of fused-ring (bicyclic) bond motifs is 1. The van der Waals surface area contributed by atoms with E-state index in [9.17, 15) is 4.79 Å². The van der Waals surface area contributed by atoms with Crippen molar-refractivity contribution in [3.63, 3.8) is 0 Å². The van der Waals surface area contributed by atoms with E-state index in [1.807, 2.05) is 66.7 Å². The Morgan fingerprint density at radius 2 is 1.58 bits per heavy atom. The minimum Gasteiger partial charge on any atom is -0.480 e. The van der Waals surface area contributed by atoms with Gasteiger partial charge < -0.3 is 4.74 Å². The molecule has 0 aromatic heterocycles. The first kappa shape index (κ1) is 15.9. The topological polar surface area (TPSA) is 50.1 Å². The maximum absolute atomic E-state index is 13.1. The van der Waals surface area contributed by atoms with Gasteiger partial charge in [-0.3, -0.25) is 4.79 Å². The van der Waals surface area contributed by atoms with Crippen molar-refractivity contribution >= 4 is 11.9 Å². The van der Waals surface area contributed by atoms with Crippen LogP contribution in [-0.4, -0.2) is 5.78 Å². The van der Waals surface area contributed by atoms with Crippen molar-refractivity contribution in [3.8, 4) is 11.8 Å². The fourth-order valence-corrected chi connectivity index (χ4v) is 3.07. The first-order valence-corrected chi connectivity index (χ1v) is 8.33. The van der Waals surface area contributed by atoms with Crippen molar-refractivity contribution in [2.24, 2.45) is 0 Å². The Bertz CT molecular complexity index is 1030. The van der Waals surface area contributed by atoms with Gasteiger partial charge in [-0.15, -0.1) is 0 Å². The van der Waals surface area contributed by atoms with Crippen LogP contribution in [0, 0.1) is 11.3 Å². The summed E-state index contributed by atoms with van der Waals surface area (Å²) in [4.78, 5) is 13.1. The lowest BCUT2D eigenvalue weighted by atomic mass is 9.89. The number of benzene rings is 3. The Kier molecular flexibility index (Phi) is 4.09. The first-order chi connectivity index (χ1) is 12.8. The normalized spacial score (nSPS) is 17.3. The summed E-state index contributed by atoms with van der Waals surface area (Å²) in [7, 11) is 0. The SMILES string of the molecule is N#Cc1ccc(/C=C2/C(=O)c3ccccc3O[C@H]2c2ccccc2)cc1. The van der Waals surface area contributed by atoms with Gasteiger partial charge in [0.25, 0.3) is 0 Å². The average Bonchev–Trinajstić information content (AvgIpc) is 2.71. The molecule has 0 saturated carbocycles. The highest BCUT2D eigenvalue weighted by Gasteiger charge is 2.32. The van der Waals surface area contributed by atoms with Crippen molar-refractivity contribution in [2.75, 3.05) is 0 Å². The lowest BCUT2D eigenvalue weighted by molar-refractivity contribution is 0.0963. The second-order valence-corrected chi connectivity index (χ2v) is 6.07. The molecular weight excluding hydrogens is 322 g/mol. The number of ketones is 1. The third-order valence-electron chi connectivity index (χ3n) is 4.39. The minimum atomic E-state index is -0.464. The molecule has 0 fully saturated rings. The number of nitriles is 1. The van der Waals surface area contributed by atoms with E-state index >= 15 is 0 Å². The molecule has 0 amide bonds. The van der Waals surface area contributed by atoms with Gasteiger partial charge in [-0.1, -0.05) is 54.6 Å². The van der Waals surface area contributed by atoms with E-state index in [0.29, 0.717) is 22.4 Å². The zero-order chi connectivity index (χ0) is 17.9. The highest BCUT2D eigenvalue weighted by molar-refractivity contribution is 6.14. The zero-order valence-electron chi connectivity index (χ0n) is 13.9. The summed E-state index contributed by atoms with van der Waals surface area (Å²) in [5.74, 6) is 0.563. The maximum atomic E-state index is 13.1. The zero-order valence-corrected chi connectivity index (χ0v) is 13.9. The third kappa shape index (κ3) is 2.89. The molecule has 124 valence electrons. The predicted octanol–water partition coefficient (Wildman–Crippen LogP) is 4.96. The highest BCUT2D eigenvalue weighted by atomic mass is 16.5. The lowest BCUT2D eigenvalue weighted by Gasteiger charge is -2.28. The minimum absolute atomic E-state index is 0.0370.